The number of likely N-dealkylation sites (tertiary alicyclic amines) is 1. The Kier molecular flexibility index (Phi) is 5.15. The fourth-order valence-electron chi connectivity index (χ4n) is 2.84. The first-order valence-electron chi connectivity index (χ1n) is 7.37. The van der Waals surface area contributed by atoms with Gasteiger partial charge in [-0.05, 0) is 51.1 Å². The molecular formula is C16H25N3O. The summed E-state index contributed by atoms with van der Waals surface area (Å²) in [6.45, 7) is 6.02. The van der Waals surface area contributed by atoms with E-state index in [4.69, 9.17) is 0 Å². The predicted octanol–water partition coefficient (Wildman–Crippen LogP) is 2.39. The van der Waals surface area contributed by atoms with Crippen LogP contribution >= 0.6 is 0 Å². The van der Waals surface area contributed by atoms with Crippen molar-refractivity contribution in [1.82, 2.24) is 10.2 Å². The lowest BCUT2D eigenvalue weighted by molar-refractivity contribution is -0.114. The molecule has 0 bridgehead atoms. The SMILES string of the molecule is CC(=O)Nc1cccc(C(C)NC2CCCN(C)C2)c1. The zero-order chi connectivity index (χ0) is 14.5. The Hall–Kier alpha value is -1.39. The van der Waals surface area contributed by atoms with Crippen molar-refractivity contribution >= 4 is 11.6 Å². The van der Waals surface area contributed by atoms with Crippen molar-refractivity contribution in [3.8, 4) is 0 Å². The van der Waals surface area contributed by atoms with Gasteiger partial charge in [0.15, 0.2) is 0 Å². The Bertz CT molecular complexity index is 461. The lowest BCUT2D eigenvalue weighted by Gasteiger charge is -2.32. The highest BCUT2D eigenvalue weighted by Crippen LogP contribution is 2.19. The number of rotatable bonds is 4. The Morgan fingerprint density at radius 1 is 1.45 bits per heavy atom. The second kappa shape index (κ2) is 6.86. The van der Waals surface area contributed by atoms with Gasteiger partial charge in [0.2, 0.25) is 5.91 Å². The summed E-state index contributed by atoms with van der Waals surface area (Å²) in [6, 6.07) is 8.91. The maximum Gasteiger partial charge on any atom is 0.221 e. The van der Waals surface area contributed by atoms with E-state index in [2.05, 4.69) is 35.6 Å². The van der Waals surface area contributed by atoms with Gasteiger partial charge in [0.05, 0.1) is 0 Å². The number of carbonyl (C=O) groups is 1. The number of hydrogen-bond donors (Lipinski definition) is 2. The molecule has 1 saturated heterocycles. The Labute approximate surface area is 121 Å². The zero-order valence-corrected chi connectivity index (χ0v) is 12.6. The average molecular weight is 275 g/mol. The van der Waals surface area contributed by atoms with Crippen molar-refractivity contribution in [3.05, 3.63) is 29.8 Å². The number of nitrogens with one attached hydrogen (secondary N) is 2. The highest BCUT2D eigenvalue weighted by Gasteiger charge is 2.19. The normalized spacial score (nSPS) is 21.4. The molecule has 2 unspecified atom stereocenters. The van der Waals surface area contributed by atoms with Gasteiger partial charge in [0.25, 0.3) is 0 Å². The Morgan fingerprint density at radius 2 is 2.25 bits per heavy atom. The van der Waals surface area contributed by atoms with Crippen LogP contribution < -0.4 is 10.6 Å². The fraction of sp³-hybridized carbons (Fsp3) is 0.562. The van der Waals surface area contributed by atoms with E-state index in [1.54, 1.807) is 0 Å². The van der Waals surface area contributed by atoms with Crippen molar-refractivity contribution < 1.29 is 4.79 Å². The van der Waals surface area contributed by atoms with E-state index in [9.17, 15) is 4.79 Å². The van der Waals surface area contributed by atoms with E-state index in [0.29, 0.717) is 12.1 Å². The summed E-state index contributed by atoms with van der Waals surface area (Å²) in [5, 5.41) is 6.53. The Morgan fingerprint density at radius 3 is 2.95 bits per heavy atom. The summed E-state index contributed by atoms with van der Waals surface area (Å²) >= 11 is 0. The maximum absolute atomic E-state index is 11.1. The highest BCUT2D eigenvalue weighted by molar-refractivity contribution is 5.88. The molecule has 0 radical (unpaired) electrons. The molecule has 0 saturated carbocycles. The van der Waals surface area contributed by atoms with Gasteiger partial charge in [-0.25, -0.2) is 0 Å². The Balaban J connectivity index is 1.97. The number of hydrogen-bond acceptors (Lipinski definition) is 3. The molecule has 110 valence electrons. The molecule has 1 heterocycles. The molecule has 2 rings (SSSR count). The van der Waals surface area contributed by atoms with Crippen molar-refractivity contribution in [2.24, 2.45) is 0 Å². The number of nitrogens with zero attached hydrogens (tertiary/aromatic N) is 1. The molecule has 1 aliphatic heterocycles. The second-order valence-electron chi connectivity index (χ2n) is 5.80. The minimum atomic E-state index is -0.0309. The van der Waals surface area contributed by atoms with Gasteiger partial charge in [0.1, 0.15) is 0 Å². The smallest absolute Gasteiger partial charge is 0.221 e. The molecule has 0 aromatic heterocycles. The van der Waals surface area contributed by atoms with E-state index in [1.807, 2.05) is 18.2 Å². The van der Waals surface area contributed by atoms with E-state index in [1.165, 1.54) is 31.9 Å². The minimum absolute atomic E-state index is 0.0309. The molecule has 1 aromatic rings. The van der Waals surface area contributed by atoms with Crippen LogP contribution in [0.25, 0.3) is 0 Å². The van der Waals surface area contributed by atoms with Crippen molar-refractivity contribution in [2.45, 2.75) is 38.8 Å². The summed E-state index contributed by atoms with van der Waals surface area (Å²) in [6.07, 6.45) is 2.49. The van der Waals surface area contributed by atoms with Crippen molar-refractivity contribution in [2.75, 3.05) is 25.5 Å². The van der Waals surface area contributed by atoms with E-state index in [-0.39, 0.29) is 5.91 Å². The molecule has 4 nitrogen and oxygen atoms in total. The third-order valence-electron chi connectivity index (χ3n) is 3.82. The number of anilines is 1. The van der Waals surface area contributed by atoms with Crippen LogP contribution in [0.15, 0.2) is 24.3 Å². The number of likely N-dealkylation sites (N-methyl/N-ethyl adjacent to an activating group) is 1. The third kappa shape index (κ3) is 4.32. The molecule has 1 amide bonds. The van der Waals surface area contributed by atoms with Crippen LogP contribution in [-0.4, -0.2) is 37.0 Å². The monoisotopic (exact) mass is 275 g/mol. The predicted molar refractivity (Wildman–Crippen MR) is 82.8 cm³/mol. The van der Waals surface area contributed by atoms with Crippen LogP contribution in [0.5, 0.6) is 0 Å². The quantitative estimate of drug-likeness (QED) is 0.887. The number of carbonyl (C=O) groups excluding carboxylic acids is 1. The molecule has 20 heavy (non-hydrogen) atoms. The van der Waals surface area contributed by atoms with Gasteiger partial charge in [-0.1, -0.05) is 12.1 Å². The van der Waals surface area contributed by atoms with Gasteiger partial charge in [-0.3, -0.25) is 4.79 Å². The molecular weight excluding hydrogens is 250 g/mol. The van der Waals surface area contributed by atoms with Gasteiger partial charge in [-0.2, -0.15) is 0 Å². The summed E-state index contributed by atoms with van der Waals surface area (Å²) < 4.78 is 0. The van der Waals surface area contributed by atoms with Crippen molar-refractivity contribution in [3.63, 3.8) is 0 Å². The van der Waals surface area contributed by atoms with E-state index < -0.39 is 0 Å². The van der Waals surface area contributed by atoms with E-state index in [0.717, 1.165) is 12.2 Å². The molecule has 1 aromatic carbocycles. The van der Waals surface area contributed by atoms with Crippen LogP contribution in [0.1, 0.15) is 38.3 Å². The maximum atomic E-state index is 11.1. The first-order valence-corrected chi connectivity index (χ1v) is 7.37. The second-order valence-corrected chi connectivity index (χ2v) is 5.80. The van der Waals surface area contributed by atoms with Gasteiger partial charge in [0, 0.05) is 31.2 Å². The van der Waals surface area contributed by atoms with Crippen LogP contribution in [0, 0.1) is 0 Å². The van der Waals surface area contributed by atoms with Gasteiger partial charge >= 0.3 is 0 Å². The van der Waals surface area contributed by atoms with Gasteiger partial charge in [-0.15, -0.1) is 0 Å². The minimum Gasteiger partial charge on any atom is -0.326 e. The highest BCUT2D eigenvalue weighted by atomic mass is 16.1. The van der Waals surface area contributed by atoms with Crippen LogP contribution in [0.3, 0.4) is 0 Å². The summed E-state index contributed by atoms with van der Waals surface area (Å²) in [5.41, 5.74) is 2.08. The average Bonchev–Trinajstić information content (AvgIpc) is 2.38. The third-order valence-corrected chi connectivity index (χ3v) is 3.82. The molecule has 1 aliphatic rings. The molecule has 2 atom stereocenters. The molecule has 0 spiro atoms. The van der Waals surface area contributed by atoms with Crippen LogP contribution in [0.4, 0.5) is 5.69 Å². The lowest BCUT2D eigenvalue weighted by Crippen LogP contribution is -2.44. The molecule has 0 aliphatic carbocycles. The topological polar surface area (TPSA) is 44.4 Å². The number of benzene rings is 1. The standard InChI is InChI=1S/C16H25N3O/c1-12(17-16-8-5-9-19(3)11-16)14-6-4-7-15(10-14)18-13(2)20/h4,6-7,10,12,16-17H,5,8-9,11H2,1-3H3,(H,18,20). The largest absolute Gasteiger partial charge is 0.326 e. The summed E-state index contributed by atoms with van der Waals surface area (Å²) in [7, 11) is 2.18. The number of piperidine rings is 1. The van der Waals surface area contributed by atoms with Crippen LogP contribution in [0.2, 0.25) is 0 Å². The number of amides is 1. The van der Waals surface area contributed by atoms with Crippen molar-refractivity contribution in [1.29, 1.82) is 0 Å². The van der Waals surface area contributed by atoms with E-state index >= 15 is 0 Å². The molecule has 2 N–H and O–H groups in total. The van der Waals surface area contributed by atoms with Crippen LogP contribution in [-0.2, 0) is 4.79 Å². The first kappa shape index (κ1) is 15.0. The summed E-state index contributed by atoms with van der Waals surface area (Å²) in [4.78, 5) is 13.5. The summed E-state index contributed by atoms with van der Waals surface area (Å²) in [5.74, 6) is -0.0309. The fourth-order valence-corrected chi connectivity index (χ4v) is 2.84. The van der Waals surface area contributed by atoms with Gasteiger partial charge < -0.3 is 15.5 Å². The molecule has 1 fully saturated rings. The zero-order valence-electron chi connectivity index (χ0n) is 12.6. The first-order chi connectivity index (χ1) is 9.54. The lowest BCUT2D eigenvalue weighted by atomic mass is 10.0. The molecule has 4 heteroatoms.